The molecule has 0 aliphatic carbocycles. The summed E-state index contributed by atoms with van der Waals surface area (Å²) in [4.78, 5) is 10.8. The second kappa shape index (κ2) is 7.16. The van der Waals surface area contributed by atoms with E-state index in [-0.39, 0.29) is 0 Å². The molecule has 0 atom stereocenters. The lowest BCUT2D eigenvalue weighted by atomic mass is 9.95. The van der Waals surface area contributed by atoms with Crippen molar-refractivity contribution in [1.29, 1.82) is 0 Å². The smallest absolute Gasteiger partial charge is 0.405 e. The Bertz CT molecular complexity index is 756. The third kappa shape index (κ3) is 4.84. The molecule has 0 radical (unpaired) electrons. The van der Waals surface area contributed by atoms with Crippen LogP contribution in [-0.4, -0.2) is 16.7 Å². The van der Waals surface area contributed by atoms with E-state index in [0.29, 0.717) is 12.1 Å². The fraction of sp³-hybridized carbons (Fsp3) is 0.235. The van der Waals surface area contributed by atoms with Crippen LogP contribution >= 0.6 is 0 Å². The fourth-order valence-corrected chi connectivity index (χ4v) is 2.26. The van der Waals surface area contributed by atoms with Crippen LogP contribution in [0.4, 0.5) is 25.0 Å². The molecule has 2 N–H and O–H groups in total. The minimum atomic E-state index is -1.11. The van der Waals surface area contributed by atoms with Crippen LogP contribution in [0.2, 0.25) is 0 Å². The van der Waals surface area contributed by atoms with Gasteiger partial charge in [0.25, 0.3) is 0 Å². The summed E-state index contributed by atoms with van der Waals surface area (Å²) in [5, 5.41) is 18.7. The number of rotatable bonds is 5. The number of amides is 1. The lowest BCUT2D eigenvalue weighted by Crippen LogP contribution is -2.44. The van der Waals surface area contributed by atoms with Crippen LogP contribution < -0.4 is 5.32 Å². The van der Waals surface area contributed by atoms with Crippen molar-refractivity contribution in [2.45, 2.75) is 25.8 Å². The van der Waals surface area contributed by atoms with E-state index in [4.69, 9.17) is 5.11 Å². The molecule has 0 saturated heterocycles. The fourth-order valence-electron chi connectivity index (χ4n) is 2.26. The van der Waals surface area contributed by atoms with Crippen molar-refractivity contribution in [3.63, 3.8) is 0 Å². The molecule has 1 amide bonds. The first kappa shape index (κ1) is 17.5. The minimum Gasteiger partial charge on any atom is -0.465 e. The Kier molecular flexibility index (Phi) is 5.23. The van der Waals surface area contributed by atoms with E-state index >= 15 is 0 Å². The Morgan fingerprint density at radius 1 is 1.12 bits per heavy atom. The van der Waals surface area contributed by atoms with Crippen LogP contribution in [0.15, 0.2) is 52.7 Å². The Labute approximate surface area is 138 Å². The number of azo groups is 1. The monoisotopic (exact) mass is 333 g/mol. The van der Waals surface area contributed by atoms with Crippen molar-refractivity contribution in [2.75, 3.05) is 0 Å². The summed E-state index contributed by atoms with van der Waals surface area (Å²) in [6, 6.07) is 10.3. The van der Waals surface area contributed by atoms with Crippen LogP contribution in [-0.2, 0) is 6.42 Å². The van der Waals surface area contributed by atoms with Gasteiger partial charge in [0.15, 0.2) is 17.3 Å². The number of halogens is 2. The number of nitrogens with zero attached hydrogens (tertiary/aromatic N) is 2. The standard InChI is InChI=1S/C17H17F2N3O2/c1-17(2,20-16(23)24)10-11-5-3-6-12(9-11)21-22-15-13(18)7-4-8-14(15)19/h3-9,20H,10H2,1-2H3,(H,23,24)/b22-21+. The van der Waals surface area contributed by atoms with Gasteiger partial charge in [0.1, 0.15) is 0 Å². The molecule has 24 heavy (non-hydrogen) atoms. The van der Waals surface area contributed by atoms with Crippen molar-refractivity contribution >= 4 is 17.5 Å². The normalized spacial score (nSPS) is 11.7. The maximum atomic E-state index is 13.5. The zero-order chi connectivity index (χ0) is 17.7. The highest BCUT2D eigenvalue weighted by Crippen LogP contribution is 2.25. The number of hydrogen-bond donors (Lipinski definition) is 2. The molecule has 0 unspecified atom stereocenters. The van der Waals surface area contributed by atoms with E-state index in [1.165, 1.54) is 6.07 Å². The zero-order valence-electron chi connectivity index (χ0n) is 13.3. The summed E-state index contributed by atoms with van der Waals surface area (Å²) >= 11 is 0. The summed E-state index contributed by atoms with van der Waals surface area (Å²) in [6.07, 6.45) is -0.678. The van der Waals surface area contributed by atoms with Gasteiger partial charge in [-0.2, -0.15) is 5.11 Å². The van der Waals surface area contributed by atoms with Gasteiger partial charge in [-0.3, -0.25) is 0 Å². The van der Waals surface area contributed by atoms with E-state index in [0.717, 1.165) is 17.7 Å². The average Bonchev–Trinajstić information content (AvgIpc) is 2.45. The first-order valence-electron chi connectivity index (χ1n) is 7.23. The maximum Gasteiger partial charge on any atom is 0.405 e. The number of carboxylic acid groups (broad SMARTS) is 1. The summed E-state index contributed by atoms with van der Waals surface area (Å²) in [5.41, 5.74) is 0.121. The first-order chi connectivity index (χ1) is 11.3. The SMILES string of the molecule is CC(C)(Cc1cccc(/N=N/c2c(F)cccc2F)c1)NC(=O)O. The quantitative estimate of drug-likeness (QED) is 0.758. The van der Waals surface area contributed by atoms with E-state index in [1.54, 1.807) is 32.0 Å². The number of carbonyl (C=O) groups is 1. The molecule has 0 aromatic heterocycles. The summed E-state index contributed by atoms with van der Waals surface area (Å²) in [5.74, 6) is -1.58. The number of benzene rings is 2. The summed E-state index contributed by atoms with van der Waals surface area (Å²) in [7, 11) is 0. The molecule has 0 aliphatic heterocycles. The highest BCUT2D eigenvalue weighted by Gasteiger charge is 2.20. The Hall–Kier alpha value is -2.83. The van der Waals surface area contributed by atoms with Crippen LogP contribution in [0.25, 0.3) is 0 Å². The van der Waals surface area contributed by atoms with Gasteiger partial charge in [-0.1, -0.05) is 18.2 Å². The molecule has 0 spiro atoms. The van der Waals surface area contributed by atoms with Gasteiger partial charge >= 0.3 is 6.09 Å². The molecule has 5 nitrogen and oxygen atoms in total. The largest absolute Gasteiger partial charge is 0.465 e. The molecule has 2 rings (SSSR count). The van der Waals surface area contributed by atoms with Crippen molar-refractivity contribution in [3.05, 3.63) is 59.7 Å². The van der Waals surface area contributed by atoms with E-state index in [9.17, 15) is 13.6 Å². The molecule has 7 heteroatoms. The highest BCUT2D eigenvalue weighted by molar-refractivity contribution is 5.65. The van der Waals surface area contributed by atoms with Crippen molar-refractivity contribution in [3.8, 4) is 0 Å². The Morgan fingerprint density at radius 3 is 2.38 bits per heavy atom. The molecule has 0 heterocycles. The van der Waals surface area contributed by atoms with E-state index < -0.39 is 29.0 Å². The van der Waals surface area contributed by atoms with Gasteiger partial charge in [-0.15, -0.1) is 5.11 Å². The topological polar surface area (TPSA) is 74.0 Å². The molecular formula is C17H17F2N3O2. The number of hydrogen-bond acceptors (Lipinski definition) is 3. The minimum absolute atomic E-state index is 0.418. The summed E-state index contributed by atoms with van der Waals surface area (Å²) < 4.78 is 27.0. The lowest BCUT2D eigenvalue weighted by Gasteiger charge is -2.24. The molecule has 0 saturated carbocycles. The predicted molar refractivity (Wildman–Crippen MR) is 85.9 cm³/mol. The lowest BCUT2D eigenvalue weighted by molar-refractivity contribution is 0.182. The molecular weight excluding hydrogens is 316 g/mol. The van der Waals surface area contributed by atoms with E-state index in [2.05, 4.69) is 15.5 Å². The molecule has 126 valence electrons. The second-order valence-electron chi connectivity index (χ2n) is 5.93. The molecule has 0 fully saturated rings. The van der Waals surface area contributed by atoms with Crippen molar-refractivity contribution in [1.82, 2.24) is 5.32 Å². The summed E-state index contributed by atoms with van der Waals surface area (Å²) in [6.45, 7) is 3.51. The molecule has 2 aromatic rings. The highest BCUT2D eigenvalue weighted by atomic mass is 19.1. The van der Waals surface area contributed by atoms with Crippen LogP contribution in [0, 0.1) is 11.6 Å². The number of nitrogens with one attached hydrogen (secondary N) is 1. The van der Waals surface area contributed by atoms with Crippen molar-refractivity contribution in [2.24, 2.45) is 10.2 Å². The third-order valence-electron chi connectivity index (χ3n) is 3.20. The average molecular weight is 333 g/mol. The zero-order valence-corrected chi connectivity index (χ0v) is 13.3. The molecule has 2 aromatic carbocycles. The maximum absolute atomic E-state index is 13.5. The van der Waals surface area contributed by atoms with Crippen LogP contribution in [0.1, 0.15) is 19.4 Å². The van der Waals surface area contributed by atoms with Gasteiger partial charge in [0.05, 0.1) is 5.69 Å². The van der Waals surface area contributed by atoms with Crippen LogP contribution in [0.3, 0.4) is 0 Å². The van der Waals surface area contributed by atoms with Gasteiger partial charge in [0, 0.05) is 5.54 Å². The molecule has 0 bridgehead atoms. The van der Waals surface area contributed by atoms with Crippen LogP contribution in [0.5, 0.6) is 0 Å². The van der Waals surface area contributed by atoms with Gasteiger partial charge in [-0.05, 0) is 50.1 Å². The second-order valence-corrected chi connectivity index (χ2v) is 5.93. The molecule has 0 aliphatic rings. The van der Waals surface area contributed by atoms with Gasteiger partial charge < -0.3 is 10.4 Å². The van der Waals surface area contributed by atoms with Crippen molar-refractivity contribution < 1.29 is 18.7 Å². The third-order valence-corrected chi connectivity index (χ3v) is 3.20. The van der Waals surface area contributed by atoms with Gasteiger partial charge in [0.2, 0.25) is 0 Å². The Morgan fingerprint density at radius 2 is 1.75 bits per heavy atom. The first-order valence-corrected chi connectivity index (χ1v) is 7.23. The predicted octanol–water partition coefficient (Wildman–Crippen LogP) is 4.97. The Balaban J connectivity index is 2.19. The van der Waals surface area contributed by atoms with E-state index in [1.807, 2.05) is 6.07 Å². The van der Waals surface area contributed by atoms with Gasteiger partial charge in [-0.25, -0.2) is 13.6 Å².